The predicted molar refractivity (Wildman–Crippen MR) is 110 cm³/mol. The summed E-state index contributed by atoms with van der Waals surface area (Å²) in [6.07, 6.45) is 1.59. The summed E-state index contributed by atoms with van der Waals surface area (Å²) in [7, 11) is 0. The number of halogens is 1. The lowest BCUT2D eigenvalue weighted by Crippen LogP contribution is -2.35. The van der Waals surface area contributed by atoms with Gasteiger partial charge in [-0.15, -0.1) is 0 Å². The van der Waals surface area contributed by atoms with Crippen molar-refractivity contribution in [1.82, 2.24) is 4.98 Å². The van der Waals surface area contributed by atoms with Crippen molar-refractivity contribution >= 4 is 38.9 Å². The highest BCUT2D eigenvalue weighted by Gasteiger charge is 2.26. The van der Waals surface area contributed by atoms with Crippen LogP contribution >= 0.6 is 27.3 Å². The van der Waals surface area contributed by atoms with Gasteiger partial charge in [0.15, 0.2) is 0 Å². The van der Waals surface area contributed by atoms with Crippen molar-refractivity contribution in [3.8, 4) is 5.88 Å². The lowest BCUT2D eigenvalue weighted by molar-refractivity contribution is -0.119. The van der Waals surface area contributed by atoms with E-state index in [9.17, 15) is 14.7 Å². The first-order valence-electron chi connectivity index (χ1n) is 8.58. The molecular formula is C20H17BrN2O3S. The highest BCUT2D eigenvalue weighted by atomic mass is 79.9. The number of hydrogen-bond acceptors (Lipinski definition) is 4. The number of fused-ring (bicyclic) bond motifs is 1. The van der Waals surface area contributed by atoms with Crippen molar-refractivity contribution < 1.29 is 9.90 Å². The van der Waals surface area contributed by atoms with Crippen LogP contribution in [0.5, 0.6) is 5.88 Å². The van der Waals surface area contributed by atoms with Crippen molar-refractivity contribution in [2.24, 2.45) is 0 Å². The molecule has 3 aromatic rings. The van der Waals surface area contributed by atoms with Gasteiger partial charge in [0.2, 0.25) is 11.8 Å². The second-order valence-electron chi connectivity index (χ2n) is 6.48. The van der Waals surface area contributed by atoms with Crippen LogP contribution in [0.2, 0.25) is 0 Å². The highest BCUT2D eigenvalue weighted by Crippen LogP contribution is 2.34. The molecule has 1 aliphatic rings. The number of carbonyl (C=O) groups is 1. The molecule has 0 saturated heterocycles. The monoisotopic (exact) mass is 444 g/mol. The van der Waals surface area contributed by atoms with Gasteiger partial charge < -0.3 is 10.0 Å². The molecule has 5 nitrogen and oxygen atoms in total. The van der Waals surface area contributed by atoms with Crippen LogP contribution in [0.1, 0.15) is 28.0 Å². The summed E-state index contributed by atoms with van der Waals surface area (Å²) in [6, 6.07) is 13.8. The number of hydrogen-bond donors (Lipinski definition) is 2. The third-order valence-electron chi connectivity index (χ3n) is 4.73. The van der Waals surface area contributed by atoms with Gasteiger partial charge in [-0.25, -0.2) is 0 Å². The number of thiazole rings is 1. The van der Waals surface area contributed by atoms with Crippen LogP contribution in [0.4, 0.5) is 5.69 Å². The number of nitrogens with zero attached hydrogens (tertiary/aromatic N) is 1. The first-order chi connectivity index (χ1) is 13.0. The fourth-order valence-corrected chi connectivity index (χ4v) is 4.43. The molecule has 4 rings (SSSR count). The zero-order valence-corrected chi connectivity index (χ0v) is 16.8. The lowest BCUT2D eigenvalue weighted by atomic mass is 9.93. The van der Waals surface area contributed by atoms with E-state index in [0.29, 0.717) is 30.7 Å². The zero-order valence-electron chi connectivity index (χ0n) is 14.4. The number of aromatic nitrogens is 1. The molecule has 27 heavy (non-hydrogen) atoms. The quantitative estimate of drug-likeness (QED) is 0.638. The molecule has 1 aliphatic heterocycles. The number of nitrogens with one attached hydrogen (secondary N) is 1. The molecule has 1 aromatic heterocycles. The Kier molecular flexibility index (Phi) is 4.88. The zero-order chi connectivity index (χ0) is 19.0. The van der Waals surface area contributed by atoms with Gasteiger partial charge in [-0.1, -0.05) is 51.5 Å². The first-order valence-corrected chi connectivity index (χ1v) is 10.2. The van der Waals surface area contributed by atoms with Crippen LogP contribution in [0, 0.1) is 0 Å². The molecule has 0 bridgehead atoms. The average Bonchev–Trinajstić information content (AvgIpc) is 2.96. The normalized spacial score (nSPS) is 13.7. The van der Waals surface area contributed by atoms with E-state index in [1.165, 1.54) is 0 Å². The van der Waals surface area contributed by atoms with E-state index in [-0.39, 0.29) is 16.7 Å². The van der Waals surface area contributed by atoms with E-state index in [2.05, 4.69) is 20.9 Å². The van der Waals surface area contributed by atoms with Gasteiger partial charge >= 0.3 is 4.87 Å². The fraction of sp³-hybridized carbons (Fsp3) is 0.200. The molecule has 0 saturated carbocycles. The summed E-state index contributed by atoms with van der Waals surface area (Å²) in [5.41, 5.74) is 4.11. The van der Waals surface area contributed by atoms with Crippen LogP contribution in [-0.4, -0.2) is 16.0 Å². The molecule has 1 amide bonds. The van der Waals surface area contributed by atoms with Crippen LogP contribution in [0.3, 0.4) is 0 Å². The second kappa shape index (κ2) is 7.32. The molecule has 0 spiro atoms. The molecule has 0 atom stereocenters. The molecule has 2 heterocycles. The largest absolute Gasteiger partial charge is 0.494 e. The summed E-state index contributed by atoms with van der Waals surface area (Å²) < 4.78 is 1.00. The summed E-state index contributed by atoms with van der Waals surface area (Å²) in [5.74, 6) is 0.0397. The molecule has 0 unspecified atom stereocenters. The Labute approximate surface area is 168 Å². The lowest BCUT2D eigenvalue weighted by Gasteiger charge is -2.31. The number of H-pyrrole nitrogens is 1. The van der Waals surface area contributed by atoms with E-state index in [1.54, 1.807) is 0 Å². The molecule has 0 aliphatic carbocycles. The van der Waals surface area contributed by atoms with Crippen LogP contribution in [-0.2, 0) is 24.2 Å². The second-order valence-corrected chi connectivity index (χ2v) is 8.47. The number of aromatic amines is 1. The first kappa shape index (κ1) is 18.0. The van der Waals surface area contributed by atoms with Crippen LogP contribution in [0.25, 0.3) is 0 Å². The summed E-state index contributed by atoms with van der Waals surface area (Å²) in [5, 5.41) is 9.89. The fourth-order valence-electron chi connectivity index (χ4n) is 3.42. The van der Waals surface area contributed by atoms with Gasteiger partial charge in [0.05, 0.1) is 11.4 Å². The summed E-state index contributed by atoms with van der Waals surface area (Å²) >= 11 is 4.45. The Hall–Kier alpha value is -2.38. The third-order valence-corrected chi connectivity index (χ3v) is 6.13. The van der Waals surface area contributed by atoms with Crippen LogP contribution < -0.4 is 9.77 Å². The molecule has 0 fully saturated rings. The number of amides is 1. The van der Waals surface area contributed by atoms with E-state index in [1.807, 2.05) is 47.4 Å². The van der Waals surface area contributed by atoms with Crippen molar-refractivity contribution in [2.75, 3.05) is 4.90 Å². The van der Waals surface area contributed by atoms with Gasteiger partial charge in [-0.2, -0.15) is 0 Å². The standard InChI is InChI=1S/C20H17BrN2O3S/c21-14-6-4-12(5-7-14)11-23-16-3-1-2-13(15(16)8-9-18(23)24)10-17-19(25)22-20(26)27-17/h1-7,25H,8-11H2,(H,22,26). The predicted octanol–water partition coefficient (Wildman–Crippen LogP) is 3.97. The van der Waals surface area contributed by atoms with E-state index in [0.717, 1.165) is 38.2 Å². The van der Waals surface area contributed by atoms with E-state index >= 15 is 0 Å². The maximum atomic E-state index is 12.6. The Morgan fingerprint density at radius 1 is 1.11 bits per heavy atom. The molecular weight excluding hydrogens is 428 g/mol. The number of rotatable bonds is 4. The maximum absolute atomic E-state index is 12.6. The van der Waals surface area contributed by atoms with Crippen LogP contribution in [0.15, 0.2) is 51.7 Å². The maximum Gasteiger partial charge on any atom is 0.307 e. The number of carbonyl (C=O) groups excluding carboxylic acids is 1. The molecule has 2 aromatic carbocycles. The summed E-state index contributed by atoms with van der Waals surface area (Å²) in [4.78, 5) is 28.6. The summed E-state index contributed by atoms with van der Waals surface area (Å²) in [6.45, 7) is 0.519. The molecule has 138 valence electrons. The van der Waals surface area contributed by atoms with E-state index in [4.69, 9.17) is 0 Å². The third kappa shape index (κ3) is 3.70. The van der Waals surface area contributed by atoms with Gasteiger partial charge in [0.1, 0.15) is 0 Å². The minimum Gasteiger partial charge on any atom is -0.494 e. The van der Waals surface area contributed by atoms with Gasteiger partial charge in [0, 0.05) is 23.0 Å². The van der Waals surface area contributed by atoms with Gasteiger partial charge in [-0.3, -0.25) is 14.6 Å². The molecule has 0 radical (unpaired) electrons. The van der Waals surface area contributed by atoms with Crippen molar-refractivity contribution in [3.05, 3.63) is 78.2 Å². The number of aromatic hydroxyl groups is 1. The Morgan fingerprint density at radius 3 is 2.59 bits per heavy atom. The van der Waals surface area contributed by atoms with E-state index < -0.39 is 0 Å². The Bertz CT molecular complexity index is 1060. The number of anilines is 1. The molecule has 2 N–H and O–H groups in total. The highest BCUT2D eigenvalue weighted by molar-refractivity contribution is 9.10. The van der Waals surface area contributed by atoms with Gasteiger partial charge in [-0.05, 0) is 41.3 Å². The SMILES string of the molecule is O=C1CCc2c(Cc3sc(=O)[nH]c3O)cccc2N1Cc1ccc(Br)cc1. The van der Waals surface area contributed by atoms with Crippen molar-refractivity contribution in [2.45, 2.75) is 25.8 Å². The van der Waals surface area contributed by atoms with Crippen molar-refractivity contribution in [3.63, 3.8) is 0 Å². The Morgan fingerprint density at radius 2 is 1.89 bits per heavy atom. The minimum absolute atomic E-state index is 0.0683. The Balaban J connectivity index is 1.68. The van der Waals surface area contributed by atoms with Crippen molar-refractivity contribution in [1.29, 1.82) is 0 Å². The molecule has 7 heteroatoms. The smallest absolute Gasteiger partial charge is 0.307 e. The van der Waals surface area contributed by atoms with Gasteiger partial charge in [0.25, 0.3) is 0 Å². The average molecular weight is 445 g/mol. The topological polar surface area (TPSA) is 73.4 Å². The number of benzene rings is 2. The minimum atomic E-state index is -0.264.